The number of hydrogen-bond acceptors (Lipinski definition) is 2. The van der Waals surface area contributed by atoms with Crippen molar-refractivity contribution in [3.8, 4) is 0 Å². The first-order valence-corrected chi connectivity index (χ1v) is 6.89. The fourth-order valence-corrected chi connectivity index (χ4v) is 2.84. The molecule has 4 heteroatoms. The highest BCUT2D eigenvalue weighted by Gasteiger charge is 2.24. The monoisotopic (exact) mass is 239 g/mol. The molecule has 98 valence electrons. The second kappa shape index (κ2) is 5.71. The number of rotatable bonds is 1. The normalized spacial score (nSPS) is 31.3. The Morgan fingerprint density at radius 2 is 1.88 bits per heavy atom. The average molecular weight is 239 g/mol. The predicted octanol–water partition coefficient (Wildman–Crippen LogP) is 1.52. The van der Waals surface area contributed by atoms with Crippen molar-refractivity contribution in [2.45, 2.75) is 38.6 Å². The number of amides is 2. The van der Waals surface area contributed by atoms with Crippen LogP contribution in [0.2, 0.25) is 0 Å². The minimum Gasteiger partial charge on any atom is -0.335 e. The quantitative estimate of drug-likeness (QED) is 0.753. The van der Waals surface area contributed by atoms with Gasteiger partial charge < -0.3 is 15.1 Å². The molecule has 2 rings (SSSR count). The molecule has 1 N–H and O–H groups in total. The lowest BCUT2D eigenvalue weighted by Gasteiger charge is -2.35. The molecule has 2 aliphatic rings. The van der Waals surface area contributed by atoms with Crippen molar-refractivity contribution in [2.24, 2.45) is 5.92 Å². The lowest BCUT2D eigenvalue weighted by atomic mass is 9.87. The molecule has 0 spiro atoms. The van der Waals surface area contributed by atoms with Crippen molar-refractivity contribution in [3.05, 3.63) is 0 Å². The Bertz CT molecular complexity index is 261. The summed E-state index contributed by atoms with van der Waals surface area (Å²) in [7, 11) is 2.11. The minimum absolute atomic E-state index is 0.150. The summed E-state index contributed by atoms with van der Waals surface area (Å²) in [5, 5.41) is 3.20. The number of hydrogen-bond donors (Lipinski definition) is 1. The van der Waals surface area contributed by atoms with Gasteiger partial charge in [0.05, 0.1) is 0 Å². The largest absolute Gasteiger partial charge is 0.335 e. The predicted molar refractivity (Wildman–Crippen MR) is 69.0 cm³/mol. The lowest BCUT2D eigenvalue weighted by molar-refractivity contribution is 0.148. The summed E-state index contributed by atoms with van der Waals surface area (Å²) in [6, 6.07) is 0.558. The van der Waals surface area contributed by atoms with E-state index in [-0.39, 0.29) is 6.03 Å². The summed E-state index contributed by atoms with van der Waals surface area (Å²) in [5.41, 5.74) is 0. The summed E-state index contributed by atoms with van der Waals surface area (Å²) in [6.07, 6.45) is 4.89. The Balaban J connectivity index is 1.76. The summed E-state index contributed by atoms with van der Waals surface area (Å²) >= 11 is 0. The first-order chi connectivity index (χ1) is 8.15. The number of carbonyl (C=O) groups is 1. The molecule has 0 unspecified atom stereocenters. The summed E-state index contributed by atoms with van der Waals surface area (Å²) in [5.74, 6) is 0.765. The zero-order valence-electron chi connectivity index (χ0n) is 11.1. The van der Waals surface area contributed by atoms with E-state index in [0.29, 0.717) is 6.04 Å². The number of likely N-dealkylation sites (N-methyl/N-ethyl adjacent to an activating group) is 1. The molecule has 2 atom stereocenters. The molecule has 0 bridgehead atoms. The van der Waals surface area contributed by atoms with Gasteiger partial charge in [-0.1, -0.05) is 19.8 Å². The van der Waals surface area contributed by atoms with Crippen molar-refractivity contribution in [1.29, 1.82) is 0 Å². The SMILES string of the molecule is C[C@H]1CCC[C@@H](NC(=O)N2CCN(C)CC2)C1. The third kappa shape index (κ3) is 3.60. The number of carbonyl (C=O) groups excluding carboxylic acids is 1. The summed E-state index contributed by atoms with van der Waals surface area (Å²) < 4.78 is 0. The first kappa shape index (κ1) is 12.7. The maximum atomic E-state index is 12.1. The molecular weight excluding hydrogens is 214 g/mol. The Morgan fingerprint density at radius 3 is 2.53 bits per heavy atom. The molecule has 0 radical (unpaired) electrons. The third-order valence-corrected chi connectivity index (χ3v) is 4.05. The highest BCUT2D eigenvalue weighted by molar-refractivity contribution is 5.74. The van der Waals surface area contributed by atoms with Gasteiger partial charge in [0.15, 0.2) is 0 Å². The Labute approximate surface area is 104 Å². The van der Waals surface area contributed by atoms with Crippen LogP contribution in [0.15, 0.2) is 0 Å². The molecule has 1 aliphatic carbocycles. The van der Waals surface area contributed by atoms with Crippen LogP contribution in [0.25, 0.3) is 0 Å². The minimum atomic E-state index is 0.150. The van der Waals surface area contributed by atoms with Crippen molar-refractivity contribution in [2.75, 3.05) is 33.2 Å². The van der Waals surface area contributed by atoms with Gasteiger partial charge >= 0.3 is 6.03 Å². The van der Waals surface area contributed by atoms with Gasteiger partial charge in [0, 0.05) is 32.2 Å². The zero-order valence-corrected chi connectivity index (χ0v) is 11.1. The van der Waals surface area contributed by atoms with Crippen LogP contribution in [0.1, 0.15) is 32.6 Å². The second-order valence-corrected chi connectivity index (χ2v) is 5.71. The average Bonchev–Trinajstić information content (AvgIpc) is 2.29. The first-order valence-electron chi connectivity index (χ1n) is 6.89. The van der Waals surface area contributed by atoms with E-state index in [1.807, 2.05) is 4.90 Å². The van der Waals surface area contributed by atoms with Gasteiger partial charge in [-0.25, -0.2) is 4.79 Å². The highest BCUT2D eigenvalue weighted by atomic mass is 16.2. The standard InChI is InChI=1S/C13H25N3O/c1-11-4-3-5-12(10-11)14-13(17)16-8-6-15(2)7-9-16/h11-12H,3-10H2,1-2H3,(H,14,17)/t11-,12+/m0/s1. The fourth-order valence-electron chi connectivity index (χ4n) is 2.84. The molecule has 4 nitrogen and oxygen atoms in total. The van der Waals surface area contributed by atoms with Gasteiger partial charge in [0.25, 0.3) is 0 Å². The Kier molecular flexibility index (Phi) is 4.26. The van der Waals surface area contributed by atoms with Gasteiger partial charge in [-0.15, -0.1) is 0 Å². The van der Waals surface area contributed by atoms with E-state index in [1.54, 1.807) is 0 Å². The zero-order chi connectivity index (χ0) is 12.3. The number of nitrogens with zero attached hydrogens (tertiary/aromatic N) is 2. The van der Waals surface area contributed by atoms with Crippen LogP contribution in [0, 0.1) is 5.92 Å². The van der Waals surface area contributed by atoms with Crippen molar-refractivity contribution in [3.63, 3.8) is 0 Å². The highest BCUT2D eigenvalue weighted by Crippen LogP contribution is 2.23. The van der Waals surface area contributed by atoms with Crippen molar-refractivity contribution >= 4 is 6.03 Å². The number of piperazine rings is 1. The molecule has 1 saturated carbocycles. The molecule has 0 aromatic rings. The van der Waals surface area contributed by atoms with E-state index in [0.717, 1.165) is 44.9 Å². The van der Waals surface area contributed by atoms with Gasteiger partial charge in [0.1, 0.15) is 0 Å². The van der Waals surface area contributed by atoms with E-state index in [4.69, 9.17) is 0 Å². The van der Waals surface area contributed by atoms with Crippen LogP contribution in [-0.4, -0.2) is 55.1 Å². The van der Waals surface area contributed by atoms with E-state index >= 15 is 0 Å². The van der Waals surface area contributed by atoms with Gasteiger partial charge in [-0.3, -0.25) is 0 Å². The van der Waals surface area contributed by atoms with Crippen molar-refractivity contribution in [1.82, 2.24) is 15.1 Å². The van der Waals surface area contributed by atoms with E-state index < -0.39 is 0 Å². The van der Waals surface area contributed by atoms with E-state index in [2.05, 4.69) is 24.2 Å². The lowest BCUT2D eigenvalue weighted by Crippen LogP contribution is -2.53. The molecular formula is C13H25N3O. The molecule has 17 heavy (non-hydrogen) atoms. The topological polar surface area (TPSA) is 35.6 Å². The molecule has 1 saturated heterocycles. The summed E-state index contributed by atoms with van der Waals surface area (Å²) in [4.78, 5) is 16.3. The molecule has 0 aromatic carbocycles. The van der Waals surface area contributed by atoms with Crippen LogP contribution in [0.5, 0.6) is 0 Å². The van der Waals surface area contributed by atoms with Crippen LogP contribution in [0.4, 0.5) is 4.79 Å². The van der Waals surface area contributed by atoms with Gasteiger partial charge in [-0.2, -0.15) is 0 Å². The third-order valence-electron chi connectivity index (χ3n) is 4.05. The Hall–Kier alpha value is -0.770. The number of nitrogens with one attached hydrogen (secondary N) is 1. The van der Waals surface area contributed by atoms with Crippen LogP contribution < -0.4 is 5.32 Å². The van der Waals surface area contributed by atoms with Gasteiger partial charge in [-0.05, 0) is 25.8 Å². The van der Waals surface area contributed by atoms with Crippen LogP contribution >= 0.6 is 0 Å². The van der Waals surface area contributed by atoms with E-state index in [9.17, 15) is 4.79 Å². The van der Waals surface area contributed by atoms with E-state index in [1.165, 1.54) is 12.8 Å². The fraction of sp³-hybridized carbons (Fsp3) is 0.923. The number of urea groups is 1. The van der Waals surface area contributed by atoms with Crippen molar-refractivity contribution < 1.29 is 4.79 Å². The second-order valence-electron chi connectivity index (χ2n) is 5.71. The molecule has 1 heterocycles. The maximum absolute atomic E-state index is 12.1. The smallest absolute Gasteiger partial charge is 0.317 e. The van der Waals surface area contributed by atoms with Crippen LogP contribution in [-0.2, 0) is 0 Å². The van der Waals surface area contributed by atoms with Gasteiger partial charge in [0.2, 0.25) is 0 Å². The molecule has 1 aliphatic heterocycles. The molecule has 0 aromatic heterocycles. The molecule has 2 amide bonds. The molecule has 2 fully saturated rings. The summed E-state index contributed by atoms with van der Waals surface area (Å²) in [6.45, 7) is 6.01. The van der Waals surface area contributed by atoms with Crippen LogP contribution in [0.3, 0.4) is 0 Å². The maximum Gasteiger partial charge on any atom is 0.317 e. The Morgan fingerprint density at radius 1 is 1.18 bits per heavy atom.